The zero-order valence-corrected chi connectivity index (χ0v) is 19.8. The van der Waals surface area contributed by atoms with E-state index in [0.29, 0.717) is 31.9 Å². The van der Waals surface area contributed by atoms with Crippen LogP contribution in [0, 0.1) is 5.92 Å². The zero-order valence-electron chi connectivity index (χ0n) is 19.8. The summed E-state index contributed by atoms with van der Waals surface area (Å²) in [7, 11) is 0. The normalized spacial score (nSPS) is 22.6. The summed E-state index contributed by atoms with van der Waals surface area (Å²) >= 11 is 0. The van der Waals surface area contributed by atoms with Gasteiger partial charge in [0.05, 0.1) is 12.0 Å². The lowest BCUT2D eigenvalue weighted by Crippen LogP contribution is -2.53. The number of hydrogen-bond acceptors (Lipinski definition) is 5. The molecular formula is C28H31N5O2. The van der Waals surface area contributed by atoms with Gasteiger partial charge in [0.25, 0.3) is 0 Å². The van der Waals surface area contributed by atoms with Crippen molar-refractivity contribution < 1.29 is 9.59 Å². The maximum Gasteiger partial charge on any atom is 0.225 e. The van der Waals surface area contributed by atoms with E-state index in [4.69, 9.17) is 0 Å². The topological polar surface area (TPSA) is 78.4 Å². The average Bonchev–Trinajstić information content (AvgIpc) is 2.91. The molecule has 5 rings (SSSR count). The number of aromatic nitrogens is 2. The molecule has 1 aromatic heterocycles. The fourth-order valence-electron chi connectivity index (χ4n) is 5.30. The Bertz CT molecular complexity index is 1130. The van der Waals surface area contributed by atoms with Gasteiger partial charge in [0.1, 0.15) is 0 Å². The molecule has 2 fully saturated rings. The molecular weight excluding hydrogens is 438 g/mol. The Labute approximate surface area is 206 Å². The van der Waals surface area contributed by atoms with Crippen LogP contribution in [0.15, 0.2) is 79.1 Å². The van der Waals surface area contributed by atoms with Gasteiger partial charge in [-0.3, -0.25) is 9.59 Å². The van der Waals surface area contributed by atoms with E-state index < -0.39 is 0 Å². The number of likely N-dealkylation sites (tertiary alicyclic amines) is 1. The number of carbonyl (C=O) groups excluding carboxylic acids is 2. The summed E-state index contributed by atoms with van der Waals surface area (Å²) in [4.78, 5) is 39.6. The van der Waals surface area contributed by atoms with Gasteiger partial charge in [-0.25, -0.2) is 9.97 Å². The van der Waals surface area contributed by atoms with Crippen LogP contribution in [-0.2, 0) is 16.1 Å². The van der Waals surface area contributed by atoms with Crippen LogP contribution in [0.2, 0.25) is 0 Å². The fraction of sp³-hybridized carbons (Fsp3) is 0.357. The first kappa shape index (κ1) is 23.0. The highest BCUT2D eigenvalue weighted by atomic mass is 16.2. The molecule has 3 heterocycles. The fourth-order valence-corrected chi connectivity index (χ4v) is 5.30. The zero-order chi connectivity index (χ0) is 24.0. The third-order valence-corrected chi connectivity index (χ3v) is 6.98. The van der Waals surface area contributed by atoms with Gasteiger partial charge >= 0.3 is 0 Å². The Kier molecular flexibility index (Phi) is 7.02. The second kappa shape index (κ2) is 10.7. The number of carbonyl (C=O) groups is 2. The average molecular weight is 470 g/mol. The van der Waals surface area contributed by atoms with E-state index in [1.165, 1.54) is 0 Å². The molecule has 2 aromatic carbocycles. The quantitative estimate of drug-likeness (QED) is 0.595. The molecule has 1 N–H and O–H groups in total. The molecule has 0 radical (unpaired) electrons. The number of hydrogen-bond donors (Lipinski definition) is 1. The molecule has 0 aliphatic carbocycles. The van der Waals surface area contributed by atoms with Crippen LogP contribution >= 0.6 is 0 Å². The van der Waals surface area contributed by atoms with Crippen LogP contribution in [0.4, 0.5) is 5.95 Å². The summed E-state index contributed by atoms with van der Waals surface area (Å²) in [6.07, 6.45) is 6.31. The van der Waals surface area contributed by atoms with Crippen LogP contribution in [0.25, 0.3) is 0 Å². The Hall–Kier alpha value is -3.74. The van der Waals surface area contributed by atoms with E-state index in [1.807, 2.05) is 71.6 Å². The highest BCUT2D eigenvalue weighted by Gasteiger charge is 2.41. The van der Waals surface area contributed by atoms with Crippen molar-refractivity contribution in [1.82, 2.24) is 20.2 Å². The van der Waals surface area contributed by atoms with Crippen molar-refractivity contribution in [3.63, 3.8) is 0 Å². The Balaban J connectivity index is 1.36. The first-order valence-electron chi connectivity index (χ1n) is 12.4. The number of nitrogens with zero attached hydrogens (tertiary/aromatic N) is 4. The second-order valence-electron chi connectivity index (χ2n) is 9.35. The molecule has 7 heteroatoms. The number of rotatable bonds is 6. The van der Waals surface area contributed by atoms with Crippen molar-refractivity contribution in [1.29, 1.82) is 0 Å². The van der Waals surface area contributed by atoms with Crippen molar-refractivity contribution in [2.75, 3.05) is 18.0 Å². The number of nitrogens with one attached hydrogen (secondary N) is 1. The summed E-state index contributed by atoms with van der Waals surface area (Å²) in [5, 5.41) is 3.31. The van der Waals surface area contributed by atoms with Crippen molar-refractivity contribution in [2.24, 2.45) is 5.92 Å². The van der Waals surface area contributed by atoms with Gasteiger partial charge in [-0.05, 0) is 36.5 Å². The number of piperidine rings is 2. The van der Waals surface area contributed by atoms with Crippen LogP contribution in [-0.4, -0.2) is 45.8 Å². The van der Waals surface area contributed by atoms with Gasteiger partial charge in [0.15, 0.2) is 0 Å². The van der Waals surface area contributed by atoms with E-state index in [0.717, 1.165) is 30.5 Å². The van der Waals surface area contributed by atoms with Gasteiger partial charge in [0, 0.05) is 44.5 Å². The van der Waals surface area contributed by atoms with Crippen molar-refractivity contribution in [3.8, 4) is 0 Å². The van der Waals surface area contributed by atoms with Gasteiger partial charge in [0.2, 0.25) is 17.8 Å². The molecule has 2 aliphatic rings. The monoisotopic (exact) mass is 469 g/mol. The molecule has 0 saturated carbocycles. The minimum absolute atomic E-state index is 0.0187. The van der Waals surface area contributed by atoms with Gasteiger partial charge < -0.3 is 15.1 Å². The van der Waals surface area contributed by atoms with E-state index in [1.54, 1.807) is 12.4 Å². The second-order valence-corrected chi connectivity index (χ2v) is 9.35. The smallest absolute Gasteiger partial charge is 0.225 e. The molecule has 7 nitrogen and oxygen atoms in total. The van der Waals surface area contributed by atoms with Crippen molar-refractivity contribution in [2.45, 2.75) is 44.3 Å². The molecule has 3 atom stereocenters. The van der Waals surface area contributed by atoms with Gasteiger partial charge in [-0.2, -0.15) is 0 Å². The van der Waals surface area contributed by atoms with E-state index in [9.17, 15) is 9.59 Å². The first-order valence-corrected chi connectivity index (χ1v) is 12.4. The SMILES string of the molecule is O=C(NC1CCCN(c2ncccn2)C1)C1CCC(=O)N(Cc2ccccc2)C1c1ccccc1. The largest absolute Gasteiger partial charge is 0.351 e. The minimum Gasteiger partial charge on any atom is -0.351 e. The lowest BCUT2D eigenvalue weighted by Gasteiger charge is -2.42. The summed E-state index contributed by atoms with van der Waals surface area (Å²) in [5.41, 5.74) is 2.06. The minimum atomic E-state index is -0.304. The third-order valence-electron chi connectivity index (χ3n) is 6.98. The lowest BCUT2D eigenvalue weighted by molar-refractivity contribution is -0.144. The maximum absolute atomic E-state index is 13.7. The Morgan fingerprint density at radius 1 is 0.943 bits per heavy atom. The van der Waals surface area contributed by atoms with E-state index in [-0.39, 0.29) is 29.8 Å². The number of benzene rings is 2. The highest BCUT2D eigenvalue weighted by Crippen LogP contribution is 2.38. The van der Waals surface area contributed by atoms with E-state index >= 15 is 0 Å². The predicted molar refractivity (Wildman–Crippen MR) is 134 cm³/mol. The summed E-state index contributed by atoms with van der Waals surface area (Å²) in [6, 6.07) is 21.5. The van der Waals surface area contributed by atoms with Crippen molar-refractivity contribution in [3.05, 3.63) is 90.3 Å². The summed E-state index contributed by atoms with van der Waals surface area (Å²) in [6.45, 7) is 2.06. The van der Waals surface area contributed by atoms with Crippen LogP contribution in [0.5, 0.6) is 0 Å². The highest BCUT2D eigenvalue weighted by molar-refractivity contribution is 5.85. The molecule has 3 aromatic rings. The maximum atomic E-state index is 13.7. The van der Waals surface area contributed by atoms with Gasteiger partial charge in [-0.1, -0.05) is 60.7 Å². The van der Waals surface area contributed by atoms with Gasteiger partial charge in [-0.15, -0.1) is 0 Å². The molecule has 2 aliphatic heterocycles. The summed E-state index contributed by atoms with van der Waals surface area (Å²) in [5.74, 6) is 0.509. The van der Waals surface area contributed by atoms with Crippen LogP contribution < -0.4 is 10.2 Å². The van der Waals surface area contributed by atoms with Crippen LogP contribution in [0.3, 0.4) is 0 Å². The Morgan fingerprint density at radius 3 is 2.40 bits per heavy atom. The molecule has 0 spiro atoms. The summed E-state index contributed by atoms with van der Waals surface area (Å²) < 4.78 is 0. The molecule has 180 valence electrons. The molecule has 35 heavy (non-hydrogen) atoms. The van der Waals surface area contributed by atoms with Crippen LogP contribution in [0.1, 0.15) is 42.9 Å². The standard InChI is InChI=1S/C28H31N5O2/c34-25-15-14-24(27(35)31-23-13-7-18-32(20-23)28-29-16-8-17-30-28)26(22-11-5-2-6-12-22)33(25)19-21-9-3-1-4-10-21/h1-6,8-12,16-17,23-24,26H,7,13-15,18-20H2,(H,31,35). The number of amides is 2. The van der Waals surface area contributed by atoms with Crippen molar-refractivity contribution >= 4 is 17.8 Å². The number of anilines is 1. The van der Waals surface area contributed by atoms with E-state index in [2.05, 4.69) is 20.2 Å². The lowest BCUT2D eigenvalue weighted by atomic mass is 9.83. The molecule has 3 unspecified atom stereocenters. The third kappa shape index (κ3) is 5.34. The molecule has 2 amide bonds. The Morgan fingerprint density at radius 2 is 1.66 bits per heavy atom. The first-order chi connectivity index (χ1) is 17.2. The molecule has 0 bridgehead atoms. The molecule has 2 saturated heterocycles. The predicted octanol–water partition coefficient (Wildman–Crippen LogP) is 3.74.